The van der Waals surface area contributed by atoms with Crippen LogP contribution in [-0.2, 0) is 14.9 Å². The van der Waals surface area contributed by atoms with Crippen molar-refractivity contribution in [2.75, 3.05) is 5.75 Å². The highest BCUT2D eigenvalue weighted by molar-refractivity contribution is 7.85. The summed E-state index contributed by atoms with van der Waals surface area (Å²) in [5.74, 6) is -1.00. The first-order valence-corrected chi connectivity index (χ1v) is 14.1. The molecule has 1 amide bonds. The predicted molar refractivity (Wildman–Crippen MR) is 133 cm³/mol. The molecule has 0 bridgehead atoms. The molecule has 7 heteroatoms. The van der Waals surface area contributed by atoms with E-state index < -0.39 is 28.0 Å². The van der Waals surface area contributed by atoms with Gasteiger partial charge in [0.2, 0.25) is 5.91 Å². The van der Waals surface area contributed by atoms with Crippen molar-refractivity contribution in [1.29, 1.82) is 0 Å². The van der Waals surface area contributed by atoms with Gasteiger partial charge >= 0.3 is 0 Å². The Kier molecular flexibility index (Phi) is 19.7. The second-order valence-electron chi connectivity index (χ2n) is 8.61. The molecule has 0 aliphatic carbocycles. The van der Waals surface area contributed by atoms with Crippen LogP contribution in [0.5, 0.6) is 0 Å². The molecular formula is C25H47NO5S. The third kappa shape index (κ3) is 20.7. The fourth-order valence-electron chi connectivity index (χ4n) is 3.44. The minimum Gasteiger partial charge on any atom is -0.387 e. The summed E-state index contributed by atoms with van der Waals surface area (Å²) in [5.41, 5.74) is 0. The Hall–Kier alpha value is -1.18. The zero-order valence-corrected chi connectivity index (χ0v) is 21.1. The van der Waals surface area contributed by atoms with Gasteiger partial charge in [-0.25, -0.2) is 0 Å². The van der Waals surface area contributed by atoms with Crippen LogP contribution < -0.4 is 5.32 Å². The molecule has 0 heterocycles. The van der Waals surface area contributed by atoms with Gasteiger partial charge in [0.1, 0.15) is 0 Å². The molecule has 2 atom stereocenters. The monoisotopic (exact) mass is 473 g/mol. The fraction of sp³-hybridized carbons (Fsp3) is 0.800. The van der Waals surface area contributed by atoms with E-state index in [1.54, 1.807) is 6.08 Å². The Morgan fingerprint density at radius 2 is 1.31 bits per heavy atom. The third-order valence-corrected chi connectivity index (χ3v) is 6.15. The molecule has 0 saturated carbocycles. The van der Waals surface area contributed by atoms with E-state index in [4.69, 9.17) is 4.55 Å². The van der Waals surface area contributed by atoms with E-state index in [-0.39, 0.29) is 12.3 Å². The number of rotatable bonds is 21. The number of hydrogen-bond acceptors (Lipinski definition) is 4. The van der Waals surface area contributed by atoms with Crippen molar-refractivity contribution in [3.8, 4) is 0 Å². The van der Waals surface area contributed by atoms with Crippen LogP contribution in [0.1, 0.15) is 110 Å². The number of carbonyl (C=O) groups is 1. The smallest absolute Gasteiger partial charge is 0.267 e. The molecule has 0 spiro atoms. The standard InChI is InChI=1S/C25H47NO5S/c1-3-5-7-9-10-11-12-13-14-15-17-19-21-25(28)26-23(22-32(29,30)31)24(27)20-18-16-8-6-4-2/h10-11,18,20,23-24,27H,3-9,12-17,19,21-22H2,1-2H3,(H,26,28)(H,29,30,31)/b11-10-,20-18+. The van der Waals surface area contributed by atoms with Crippen LogP contribution in [0.4, 0.5) is 0 Å². The average molecular weight is 474 g/mol. The van der Waals surface area contributed by atoms with Crippen LogP contribution >= 0.6 is 0 Å². The van der Waals surface area contributed by atoms with Crippen molar-refractivity contribution in [2.24, 2.45) is 0 Å². The first-order chi connectivity index (χ1) is 15.3. The number of hydrogen-bond donors (Lipinski definition) is 3. The minimum atomic E-state index is -4.31. The quantitative estimate of drug-likeness (QED) is 0.112. The van der Waals surface area contributed by atoms with Crippen molar-refractivity contribution in [1.82, 2.24) is 5.32 Å². The number of aliphatic hydroxyl groups is 1. The molecule has 0 aromatic carbocycles. The fourth-order valence-corrected chi connectivity index (χ4v) is 4.17. The Morgan fingerprint density at radius 1 is 0.812 bits per heavy atom. The number of unbranched alkanes of at least 4 members (excludes halogenated alkanes) is 11. The second-order valence-corrected chi connectivity index (χ2v) is 10.1. The van der Waals surface area contributed by atoms with Crippen LogP contribution in [-0.4, -0.2) is 41.9 Å². The molecular weight excluding hydrogens is 426 g/mol. The maximum absolute atomic E-state index is 12.2. The Morgan fingerprint density at radius 3 is 1.88 bits per heavy atom. The van der Waals surface area contributed by atoms with Crippen LogP contribution in [0.3, 0.4) is 0 Å². The lowest BCUT2D eigenvalue weighted by atomic mass is 10.1. The molecule has 3 N–H and O–H groups in total. The third-order valence-electron chi connectivity index (χ3n) is 5.37. The van der Waals surface area contributed by atoms with E-state index in [0.29, 0.717) is 0 Å². The number of aliphatic hydroxyl groups excluding tert-OH is 1. The average Bonchev–Trinajstić information content (AvgIpc) is 2.72. The van der Waals surface area contributed by atoms with E-state index >= 15 is 0 Å². The maximum atomic E-state index is 12.2. The summed E-state index contributed by atoms with van der Waals surface area (Å²) in [7, 11) is -4.31. The molecule has 0 rings (SSSR count). The minimum absolute atomic E-state index is 0.284. The molecule has 32 heavy (non-hydrogen) atoms. The summed E-state index contributed by atoms with van der Waals surface area (Å²) < 4.78 is 31.7. The lowest BCUT2D eigenvalue weighted by molar-refractivity contribution is -0.122. The van der Waals surface area contributed by atoms with Crippen molar-refractivity contribution in [3.63, 3.8) is 0 Å². The highest BCUT2D eigenvalue weighted by Crippen LogP contribution is 2.10. The van der Waals surface area contributed by atoms with Crippen molar-refractivity contribution in [3.05, 3.63) is 24.3 Å². The van der Waals surface area contributed by atoms with Crippen LogP contribution in [0.2, 0.25) is 0 Å². The summed E-state index contributed by atoms with van der Waals surface area (Å²) in [6.45, 7) is 4.31. The van der Waals surface area contributed by atoms with Gasteiger partial charge < -0.3 is 10.4 Å². The molecule has 0 aliphatic heterocycles. The van der Waals surface area contributed by atoms with E-state index in [1.165, 1.54) is 31.8 Å². The van der Waals surface area contributed by atoms with Crippen molar-refractivity contribution >= 4 is 16.0 Å². The zero-order valence-electron chi connectivity index (χ0n) is 20.3. The summed E-state index contributed by atoms with van der Waals surface area (Å²) in [5, 5.41) is 12.8. The molecule has 0 radical (unpaired) electrons. The van der Waals surface area contributed by atoms with Crippen molar-refractivity contribution in [2.45, 2.75) is 122 Å². The first kappa shape index (κ1) is 30.8. The molecule has 0 aliphatic rings. The lowest BCUT2D eigenvalue weighted by Gasteiger charge is -2.21. The Bertz CT molecular complexity index is 616. The maximum Gasteiger partial charge on any atom is 0.267 e. The van der Waals surface area contributed by atoms with Gasteiger partial charge in [0, 0.05) is 6.42 Å². The Labute approximate surface area is 196 Å². The number of allylic oxidation sites excluding steroid dienone is 3. The normalized spacial score (nSPS) is 14.2. The van der Waals surface area contributed by atoms with Gasteiger partial charge in [-0.05, 0) is 44.9 Å². The van der Waals surface area contributed by atoms with Crippen LogP contribution in [0.15, 0.2) is 24.3 Å². The highest BCUT2D eigenvalue weighted by Gasteiger charge is 2.24. The first-order valence-electron chi connectivity index (χ1n) is 12.5. The van der Waals surface area contributed by atoms with Gasteiger partial charge in [-0.2, -0.15) is 8.42 Å². The van der Waals surface area contributed by atoms with Crippen LogP contribution in [0, 0.1) is 0 Å². The van der Waals surface area contributed by atoms with E-state index in [2.05, 4.69) is 31.3 Å². The van der Waals surface area contributed by atoms with Gasteiger partial charge in [-0.15, -0.1) is 0 Å². The van der Waals surface area contributed by atoms with Gasteiger partial charge in [0.05, 0.1) is 17.9 Å². The van der Waals surface area contributed by atoms with Crippen LogP contribution in [0.25, 0.3) is 0 Å². The Balaban J connectivity index is 4.13. The van der Waals surface area contributed by atoms with E-state index in [9.17, 15) is 18.3 Å². The summed E-state index contributed by atoms with van der Waals surface area (Å²) in [4.78, 5) is 12.2. The molecule has 0 aromatic rings. The summed E-state index contributed by atoms with van der Waals surface area (Å²) in [6, 6.07) is -1.05. The van der Waals surface area contributed by atoms with Gasteiger partial charge in [-0.3, -0.25) is 9.35 Å². The van der Waals surface area contributed by atoms with E-state index in [1.807, 2.05) is 0 Å². The topological polar surface area (TPSA) is 104 Å². The molecule has 0 aromatic heterocycles. The van der Waals surface area contributed by atoms with Gasteiger partial charge in [0.25, 0.3) is 10.1 Å². The highest BCUT2D eigenvalue weighted by atomic mass is 32.2. The van der Waals surface area contributed by atoms with Crippen molar-refractivity contribution < 1.29 is 22.9 Å². The predicted octanol–water partition coefficient (Wildman–Crippen LogP) is 5.72. The molecule has 188 valence electrons. The lowest BCUT2D eigenvalue weighted by Crippen LogP contribution is -2.46. The van der Waals surface area contributed by atoms with Gasteiger partial charge in [0.15, 0.2) is 0 Å². The zero-order chi connectivity index (χ0) is 24.1. The number of carbonyl (C=O) groups excluding carboxylic acids is 1. The molecule has 0 fully saturated rings. The van der Waals surface area contributed by atoms with E-state index in [0.717, 1.165) is 64.2 Å². The summed E-state index contributed by atoms with van der Waals surface area (Å²) in [6.07, 6.45) is 22.0. The SMILES string of the molecule is CCCCC/C=C\CCCCCCCC(=O)NC(CS(=O)(=O)O)C(O)/C=C/CCCCC. The molecule has 6 nitrogen and oxygen atoms in total. The second kappa shape index (κ2) is 20.4. The largest absolute Gasteiger partial charge is 0.387 e. The molecule has 2 unspecified atom stereocenters. The van der Waals surface area contributed by atoms with Gasteiger partial charge in [-0.1, -0.05) is 83.1 Å². The number of nitrogens with one attached hydrogen (secondary N) is 1. The molecule has 0 saturated heterocycles. The number of amides is 1. The summed E-state index contributed by atoms with van der Waals surface area (Å²) >= 11 is 0.